The SMILES string of the molecule is C=C(/C=C\C(=C/C)NC(=O)c1n[nH]c2ccc(-c3cccnc3)cc12)Cc1ccccc1. The number of aromatic amines is 1. The highest BCUT2D eigenvalue weighted by molar-refractivity contribution is 6.06. The second kappa shape index (κ2) is 9.71. The lowest BCUT2D eigenvalue weighted by atomic mass is 10.0. The van der Waals surface area contributed by atoms with Crippen molar-refractivity contribution < 1.29 is 4.79 Å². The fourth-order valence-corrected chi connectivity index (χ4v) is 3.43. The second-order valence-corrected chi connectivity index (χ2v) is 7.43. The average molecular weight is 421 g/mol. The van der Waals surface area contributed by atoms with Crippen molar-refractivity contribution in [2.45, 2.75) is 13.3 Å². The molecule has 0 aliphatic carbocycles. The third-order valence-corrected chi connectivity index (χ3v) is 5.11. The molecule has 0 fully saturated rings. The number of hydrogen-bond acceptors (Lipinski definition) is 3. The van der Waals surface area contributed by atoms with Crippen LogP contribution >= 0.6 is 0 Å². The fraction of sp³-hybridized carbons (Fsp3) is 0.0741. The van der Waals surface area contributed by atoms with Gasteiger partial charge in [0.25, 0.3) is 5.91 Å². The zero-order valence-electron chi connectivity index (χ0n) is 17.9. The fourth-order valence-electron chi connectivity index (χ4n) is 3.43. The lowest BCUT2D eigenvalue weighted by molar-refractivity contribution is 0.0963. The first-order valence-electron chi connectivity index (χ1n) is 10.4. The predicted molar refractivity (Wildman–Crippen MR) is 129 cm³/mol. The van der Waals surface area contributed by atoms with Crippen molar-refractivity contribution in [3.63, 3.8) is 0 Å². The molecule has 2 N–H and O–H groups in total. The quantitative estimate of drug-likeness (QED) is 0.382. The van der Waals surface area contributed by atoms with Crippen LogP contribution < -0.4 is 5.32 Å². The number of carbonyl (C=O) groups is 1. The Hall–Kier alpha value is -4.25. The first-order valence-corrected chi connectivity index (χ1v) is 10.4. The Balaban J connectivity index is 1.49. The summed E-state index contributed by atoms with van der Waals surface area (Å²) < 4.78 is 0. The highest BCUT2D eigenvalue weighted by Crippen LogP contribution is 2.25. The van der Waals surface area contributed by atoms with Crippen molar-refractivity contribution in [3.05, 3.63) is 120 Å². The summed E-state index contributed by atoms with van der Waals surface area (Å²) in [6, 6.07) is 19.9. The van der Waals surface area contributed by atoms with Crippen molar-refractivity contribution in [2.75, 3.05) is 0 Å². The van der Waals surface area contributed by atoms with Gasteiger partial charge in [-0.25, -0.2) is 0 Å². The summed E-state index contributed by atoms with van der Waals surface area (Å²) in [4.78, 5) is 17.1. The van der Waals surface area contributed by atoms with Gasteiger partial charge in [0.2, 0.25) is 0 Å². The van der Waals surface area contributed by atoms with Crippen LogP contribution in [0.1, 0.15) is 23.0 Å². The number of benzene rings is 2. The minimum Gasteiger partial charge on any atom is -0.321 e. The number of hydrogen-bond donors (Lipinski definition) is 2. The largest absolute Gasteiger partial charge is 0.321 e. The number of allylic oxidation sites excluding steroid dienone is 4. The third kappa shape index (κ3) is 4.90. The molecule has 0 radical (unpaired) electrons. The smallest absolute Gasteiger partial charge is 0.276 e. The molecule has 0 bridgehead atoms. The highest BCUT2D eigenvalue weighted by Gasteiger charge is 2.15. The summed E-state index contributed by atoms with van der Waals surface area (Å²) in [5.41, 5.74) is 5.94. The molecule has 1 amide bonds. The molecule has 4 rings (SSSR count). The maximum absolute atomic E-state index is 13.0. The van der Waals surface area contributed by atoms with E-state index in [9.17, 15) is 4.79 Å². The Kier molecular flexibility index (Phi) is 6.37. The van der Waals surface area contributed by atoms with Crippen LogP contribution in [-0.4, -0.2) is 21.1 Å². The average Bonchev–Trinajstić information content (AvgIpc) is 3.26. The molecule has 32 heavy (non-hydrogen) atoms. The van der Waals surface area contributed by atoms with E-state index in [0.717, 1.165) is 34.0 Å². The molecule has 5 heteroatoms. The van der Waals surface area contributed by atoms with Crippen LogP contribution in [0.15, 0.2) is 109 Å². The van der Waals surface area contributed by atoms with E-state index in [0.29, 0.717) is 11.4 Å². The minimum atomic E-state index is -0.272. The van der Waals surface area contributed by atoms with Crippen LogP contribution in [0, 0.1) is 0 Å². The molecule has 2 aromatic carbocycles. The topological polar surface area (TPSA) is 70.7 Å². The predicted octanol–water partition coefficient (Wildman–Crippen LogP) is 5.61. The molecule has 5 nitrogen and oxygen atoms in total. The van der Waals surface area contributed by atoms with Gasteiger partial charge >= 0.3 is 0 Å². The van der Waals surface area contributed by atoms with Gasteiger partial charge in [0.1, 0.15) is 0 Å². The molecule has 0 aliphatic heterocycles. The number of carbonyl (C=O) groups excluding carboxylic acids is 1. The van der Waals surface area contributed by atoms with Gasteiger partial charge in [0.15, 0.2) is 5.69 Å². The van der Waals surface area contributed by atoms with Crippen molar-refractivity contribution in [2.24, 2.45) is 0 Å². The Morgan fingerprint density at radius 3 is 2.66 bits per heavy atom. The van der Waals surface area contributed by atoms with Crippen molar-refractivity contribution in [1.82, 2.24) is 20.5 Å². The van der Waals surface area contributed by atoms with Crippen LogP contribution in [0.4, 0.5) is 0 Å². The number of nitrogens with zero attached hydrogens (tertiary/aromatic N) is 2. The first-order chi connectivity index (χ1) is 15.6. The lowest BCUT2D eigenvalue weighted by Crippen LogP contribution is -2.22. The van der Waals surface area contributed by atoms with Crippen LogP contribution in [-0.2, 0) is 6.42 Å². The van der Waals surface area contributed by atoms with Gasteiger partial charge in [-0.05, 0) is 48.7 Å². The normalized spacial score (nSPS) is 11.7. The zero-order valence-corrected chi connectivity index (χ0v) is 17.9. The van der Waals surface area contributed by atoms with Crippen molar-refractivity contribution >= 4 is 16.8 Å². The van der Waals surface area contributed by atoms with Gasteiger partial charge in [-0.15, -0.1) is 0 Å². The number of amides is 1. The van der Waals surface area contributed by atoms with Crippen molar-refractivity contribution in [1.29, 1.82) is 0 Å². The first kappa shape index (κ1) is 21.0. The molecule has 158 valence electrons. The van der Waals surface area contributed by atoms with E-state index in [1.54, 1.807) is 12.4 Å². The number of aromatic nitrogens is 3. The maximum atomic E-state index is 13.0. The number of nitrogens with one attached hydrogen (secondary N) is 2. The van der Waals surface area contributed by atoms with E-state index >= 15 is 0 Å². The number of fused-ring (bicyclic) bond motifs is 1. The molecule has 0 saturated carbocycles. The van der Waals surface area contributed by atoms with Gasteiger partial charge in [-0.2, -0.15) is 5.10 Å². The van der Waals surface area contributed by atoms with Gasteiger partial charge in [0.05, 0.1) is 5.52 Å². The van der Waals surface area contributed by atoms with Crippen LogP contribution in [0.3, 0.4) is 0 Å². The summed E-state index contributed by atoms with van der Waals surface area (Å²) in [5.74, 6) is -0.272. The molecule has 0 aliphatic rings. The third-order valence-electron chi connectivity index (χ3n) is 5.11. The summed E-state index contributed by atoms with van der Waals surface area (Å²) in [6.45, 7) is 5.99. The molecular weight excluding hydrogens is 396 g/mol. The molecule has 0 unspecified atom stereocenters. The van der Waals surface area contributed by atoms with E-state index in [1.165, 1.54) is 5.56 Å². The van der Waals surface area contributed by atoms with E-state index in [4.69, 9.17) is 0 Å². The molecule has 0 saturated heterocycles. The molecule has 0 atom stereocenters. The minimum absolute atomic E-state index is 0.272. The molecular formula is C27H24N4O. The van der Waals surface area contributed by atoms with Crippen LogP contribution in [0.25, 0.3) is 22.0 Å². The summed E-state index contributed by atoms with van der Waals surface area (Å²) in [7, 11) is 0. The van der Waals surface area contributed by atoms with Gasteiger partial charge in [-0.3, -0.25) is 14.9 Å². The lowest BCUT2D eigenvalue weighted by Gasteiger charge is -2.06. The summed E-state index contributed by atoms with van der Waals surface area (Å²) in [5, 5.41) is 10.9. The Morgan fingerprint density at radius 1 is 1.06 bits per heavy atom. The molecule has 4 aromatic rings. The monoisotopic (exact) mass is 420 g/mol. The standard InChI is InChI=1S/C27H24N4O/c1-3-23(13-11-19(2)16-20-8-5-4-6-9-20)29-27(32)26-24-17-21(12-14-25(24)30-31-26)22-10-7-15-28-18-22/h3-15,17-18H,2,16H2,1H3,(H,29,32)(H,30,31)/b13-11-,23-3+. The molecule has 2 heterocycles. The number of H-pyrrole nitrogens is 1. The molecule has 2 aromatic heterocycles. The Labute approximate surface area is 187 Å². The summed E-state index contributed by atoms with van der Waals surface area (Å²) in [6.07, 6.45) is 9.92. The van der Waals surface area contributed by atoms with Gasteiger partial charge < -0.3 is 5.32 Å². The second-order valence-electron chi connectivity index (χ2n) is 7.43. The molecule has 0 spiro atoms. The maximum Gasteiger partial charge on any atom is 0.276 e. The van der Waals surface area contributed by atoms with E-state index in [-0.39, 0.29) is 5.91 Å². The van der Waals surface area contributed by atoms with E-state index < -0.39 is 0 Å². The highest BCUT2D eigenvalue weighted by atomic mass is 16.1. The number of rotatable bonds is 7. The number of pyridine rings is 1. The Morgan fingerprint density at radius 2 is 1.91 bits per heavy atom. The van der Waals surface area contributed by atoms with Gasteiger partial charge in [-0.1, -0.05) is 66.8 Å². The van der Waals surface area contributed by atoms with E-state index in [2.05, 4.69) is 39.2 Å². The Bertz CT molecular complexity index is 1300. The summed E-state index contributed by atoms with van der Waals surface area (Å²) >= 11 is 0. The van der Waals surface area contributed by atoms with E-state index in [1.807, 2.05) is 73.7 Å². The zero-order chi connectivity index (χ0) is 22.3. The van der Waals surface area contributed by atoms with Crippen molar-refractivity contribution in [3.8, 4) is 11.1 Å². The van der Waals surface area contributed by atoms with Gasteiger partial charge in [0, 0.05) is 29.0 Å². The van der Waals surface area contributed by atoms with Crippen LogP contribution in [0.5, 0.6) is 0 Å². The van der Waals surface area contributed by atoms with Crippen LogP contribution in [0.2, 0.25) is 0 Å².